The van der Waals surface area contributed by atoms with Gasteiger partial charge in [0.25, 0.3) is 5.91 Å². The summed E-state index contributed by atoms with van der Waals surface area (Å²) in [6, 6.07) is 22.0. The van der Waals surface area contributed by atoms with Gasteiger partial charge in [-0.2, -0.15) is 0 Å². The van der Waals surface area contributed by atoms with Gasteiger partial charge in [-0.3, -0.25) is 4.79 Å². The third-order valence-corrected chi connectivity index (χ3v) is 5.89. The SMILES string of the molecule is Cc1ccc(C(C)C)c(OCCn2c(CNC(=O)c3ccccc3C)nc3ccccc32)c1. The Bertz CT molecular complexity index is 1270. The second-order valence-corrected chi connectivity index (χ2v) is 8.71. The zero-order valence-electron chi connectivity index (χ0n) is 19.8. The van der Waals surface area contributed by atoms with Crippen LogP contribution in [0.1, 0.15) is 52.6 Å². The molecular weight excluding hydrogens is 410 g/mol. The van der Waals surface area contributed by atoms with Crippen LogP contribution in [0.5, 0.6) is 5.75 Å². The van der Waals surface area contributed by atoms with Crippen LogP contribution in [0.25, 0.3) is 11.0 Å². The van der Waals surface area contributed by atoms with Crippen LogP contribution in [-0.2, 0) is 13.1 Å². The highest BCUT2D eigenvalue weighted by Crippen LogP contribution is 2.27. The lowest BCUT2D eigenvalue weighted by molar-refractivity contribution is 0.0949. The smallest absolute Gasteiger partial charge is 0.251 e. The van der Waals surface area contributed by atoms with Crippen molar-refractivity contribution in [3.63, 3.8) is 0 Å². The van der Waals surface area contributed by atoms with Crippen LogP contribution in [0.3, 0.4) is 0 Å². The number of imidazole rings is 1. The largest absolute Gasteiger partial charge is 0.491 e. The van der Waals surface area contributed by atoms with Crippen molar-refractivity contribution < 1.29 is 9.53 Å². The standard InChI is InChI=1S/C28H31N3O2/c1-19(2)22-14-13-20(3)17-26(22)33-16-15-31-25-12-8-7-11-24(25)30-27(31)18-29-28(32)23-10-6-5-9-21(23)4/h5-14,17,19H,15-16,18H2,1-4H3,(H,29,32). The first-order valence-corrected chi connectivity index (χ1v) is 11.5. The summed E-state index contributed by atoms with van der Waals surface area (Å²) in [4.78, 5) is 17.5. The topological polar surface area (TPSA) is 56.1 Å². The summed E-state index contributed by atoms with van der Waals surface area (Å²) in [5.41, 5.74) is 5.98. The second kappa shape index (κ2) is 9.90. The monoisotopic (exact) mass is 441 g/mol. The molecule has 1 amide bonds. The number of hydrogen-bond donors (Lipinski definition) is 1. The van der Waals surface area contributed by atoms with E-state index in [1.165, 1.54) is 11.1 Å². The van der Waals surface area contributed by atoms with E-state index in [0.717, 1.165) is 28.2 Å². The third kappa shape index (κ3) is 5.08. The minimum absolute atomic E-state index is 0.0932. The van der Waals surface area contributed by atoms with Crippen LogP contribution in [0, 0.1) is 13.8 Å². The van der Waals surface area contributed by atoms with Gasteiger partial charge in [0.05, 0.1) is 24.1 Å². The first-order valence-electron chi connectivity index (χ1n) is 11.5. The third-order valence-electron chi connectivity index (χ3n) is 5.89. The van der Waals surface area contributed by atoms with Gasteiger partial charge in [-0.05, 0) is 60.7 Å². The van der Waals surface area contributed by atoms with E-state index in [0.29, 0.717) is 31.2 Å². The van der Waals surface area contributed by atoms with Crippen LogP contribution in [0.4, 0.5) is 0 Å². The predicted octanol–water partition coefficient (Wildman–Crippen LogP) is 5.79. The Balaban J connectivity index is 1.52. The zero-order chi connectivity index (χ0) is 23.4. The Morgan fingerprint density at radius 3 is 2.58 bits per heavy atom. The van der Waals surface area contributed by atoms with Crippen LogP contribution in [0.2, 0.25) is 0 Å². The maximum absolute atomic E-state index is 12.7. The van der Waals surface area contributed by atoms with Gasteiger partial charge in [-0.25, -0.2) is 4.98 Å². The average molecular weight is 442 g/mol. The number of nitrogens with zero attached hydrogens (tertiary/aromatic N) is 2. The zero-order valence-corrected chi connectivity index (χ0v) is 19.8. The molecule has 1 heterocycles. The van der Waals surface area contributed by atoms with Gasteiger partial charge in [0.1, 0.15) is 18.2 Å². The molecule has 33 heavy (non-hydrogen) atoms. The fourth-order valence-corrected chi connectivity index (χ4v) is 4.08. The van der Waals surface area contributed by atoms with E-state index in [-0.39, 0.29) is 5.91 Å². The molecule has 0 radical (unpaired) electrons. The number of ether oxygens (including phenoxy) is 1. The second-order valence-electron chi connectivity index (χ2n) is 8.71. The Hall–Kier alpha value is -3.60. The van der Waals surface area contributed by atoms with Crippen molar-refractivity contribution in [2.45, 2.75) is 46.7 Å². The summed E-state index contributed by atoms with van der Waals surface area (Å²) < 4.78 is 8.37. The summed E-state index contributed by atoms with van der Waals surface area (Å²) >= 11 is 0. The number of aromatic nitrogens is 2. The van der Waals surface area contributed by atoms with Crippen molar-refractivity contribution in [3.8, 4) is 5.75 Å². The van der Waals surface area contributed by atoms with E-state index in [1.54, 1.807) is 0 Å². The molecule has 0 saturated heterocycles. The number of carbonyl (C=O) groups excluding carboxylic acids is 1. The fourth-order valence-electron chi connectivity index (χ4n) is 4.08. The number of benzene rings is 3. The number of fused-ring (bicyclic) bond motifs is 1. The Labute approximate surface area is 195 Å². The lowest BCUT2D eigenvalue weighted by Gasteiger charge is -2.16. The van der Waals surface area contributed by atoms with Gasteiger partial charge in [0.15, 0.2) is 0 Å². The number of hydrogen-bond acceptors (Lipinski definition) is 3. The lowest BCUT2D eigenvalue weighted by Crippen LogP contribution is -2.26. The van der Waals surface area contributed by atoms with E-state index in [4.69, 9.17) is 9.72 Å². The first-order chi connectivity index (χ1) is 15.9. The molecule has 0 aliphatic carbocycles. The molecule has 5 nitrogen and oxygen atoms in total. The number of aryl methyl sites for hydroxylation is 2. The van der Waals surface area contributed by atoms with Crippen LogP contribution in [-0.4, -0.2) is 22.1 Å². The Kier molecular flexibility index (Phi) is 6.78. The maximum Gasteiger partial charge on any atom is 0.251 e. The van der Waals surface area contributed by atoms with Crippen molar-refractivity contribution in [3.05, 3.63) is 94.8 Å². The summed E-state index contributed by atoms with van der Waals surface area (Å²) in [5, 5.41) is 3.03. The molecule has 0 saturated carbocycles. The maximum atomic E-state index is 12.7. The van der Waals surface area contributed by atoms with Crippen molar-refractivity contribution in [2.75, 3.05) is 6.61 Å². The molecule has 1 aromatic heterocycles. The molecule has 4 aromatic rings. The van der Waals surface area contributed by atoms with Gasteiger partial charge in [0, 0.05) is 5.56 Å². The van der Waals surface area contributed by atoms with E-state index in [1.807, 2.05) is 49.4 Å². The highest BCUT2D eigenvalue weighted by Gasteiger charge is 2.14. The lowest BCUT2D eigenvalue weighted by atomic mass is 10.0. The first kappa shape index (κ1) is 22.6. The minimum Gasteiger partial charge on any atom is -0.491 e. The molecule has 5 heteroatoms. The highest BCUT2D eigenvalue weighted by atomic mass is 16.5. The van der Waals surface area contributed by atoms with Crippen LogP contribution >= 0.6 is 0 Å². The normalized spacial score (nSPS) is 11.2. The van der Waals surface area contributed by atoms with Gasteiger partial charge >= 0.3 is 0 Å². The van der Waals surface area contributed by atoms with E-state index < -0.39 is 0 Å². The fraction of sp³-hybridized carbons (Fsp3) is 0.286. The summed E-state index contributed by atoms with van der Waals surface area (Å²) in [6.07, 6.45) is 0. The van der Waals surface area contributed by atoms with E-state index in [2.05, 4.69) is 54.9 Å². The molecule has 1 N–H and O–H groups in total. The molecule has 0 unspecified atom stereocenters. The molecule has 3 aromatic carbocycles. The van der Waals surface area contributed by atoms with Crippen LogP contribution < -0.4 is 10.1 Å². The van der Waals surface area contributed by atoms with Gasteiger partial charge in [-0.1, -0.05) is 56.3 Å². The molecule has 0 aliphatic heterocycles. The molecule has 0 atom stereocenters. The average Bonchev–Trinajstić information content (AvgIpc) is 3.15. The van der Waals surface area contributed by atoms with Crippen LogP contribution in [0.15, 0.2) is 66.7 Å². The van der Waals surface area contributed by atoms with Gasteiger partial charge in [-0.15, -0.1) is 0 Å². The number of nitrogens with one attached hydrogen (secondary N) is 1. The predicted molar refractivity (Wildman–Crippen MR) is 133 cm³/mol. The molecule has 0 aliphatic rings. The Morgan fingerprint density at radius 1 is 1.03 bits per heavy atom. The minimum atomic E-state index is -0.0932. The summed E-state index contributed by atoms with van der Waals surface area (Å²) in [6.45, 7) is 9.88. The summed E-state index contributed by atoms with van der Waals surface area (Å²) in [7, 11) is 0. The number of amides is 1. The van der Waals surface area contributed by atoms with Crippen molar-refractivity contribution in [1.29, 1.82) is 0 Å². The van der Waals surface area contributed by atoms with Gasteiger partial charge in [0.2, 0.25) is 0 Å². The number of carbonyl (C=O) groups is 1. The highest BCUT2D eigenvalue weighted by molar-refractivity contribution is 5.95. The molecular formula is C28H31N3O2. The number of para-hydroxylation sites is 2. The van der Waals surface area contributed by atoms with Gasteiger partial charge < -0.3 is 14.6 Å². The van der Waals surface area contributed by atoms with Crippen molar-refractivity contribution in [2.24, 2.45) is 0 Å². The van der Waals surface area contributed by atoms with Crippen molar-refractivity contribution in [1.82, 2.24) is 14.9 Å². The van der Waals surface area contributed by atoms with E-state index >= 15 is 0 Å². The molecule has 0 spiro atoms. The number of rotatable bonds is 8. The molecule has 0 bridgehead atoms. The Morgan fingerprint density at radius 2 is 1.79 bits per heavy atom. The molecule has 0 fully saturated rings. The van der Waals surface area contributed by atoms with Crippen molar-refractivity contribution >= 4 is 16.9 Å². The van der Waals surface area contributed by atoms with E-state index in [9.17, 15) is 4.79 Å². The molecule has 170 valence electrons. The summed E-state index contributed by atoms with van der Waals surface area (Å²) in [5.74, 6) is 2.05. The quantitative estimate of drug-likeness (QED) is 0.377. The molecule has 4 rings (SSSR count).